The van der Waals surface area contributed by atoms with Crippen LogP contribution in [0.4, 0.5) is 21.0 Å². The van der Waals surface area contributed by atoms with Gasteiger partial charge in [-0.2, -0.15) is 0 Å². The van der Waals surface area contributed by atoms with E-state index in [-0.39, 0.29) is 0 Å². The number of benzene rings is 4. The second-order valence-corrected chi connectivity index (χ2v) is 11.0. The number of rotatable bonds is 16. The van der Waals surface area contributed by atoms with E-state index in [1.165, 1.54) is 0 Å². The predicted octanol–water partition coefficient (Wildman–Crippen LogP) is 8.60. The molecule has 0 aliphatic heterocycles. The topological polar surface area (TPSA) is 120 Å². The molecular weight excluding hydrogens is 616 g/mol. The fourth-order valence-corrected chi connectivity index (χ4v) is 5.01. The second-order valence-electron chi connectivity index (χ2n) is 9.86. The van der Waals surface area contributed by atoms with Crippen molar-refractivity contribution in [3.63, 3.8) is 0 Å². The van der Waals surface area contributed by atoms with E-state index in [1.54, 1.807) is 36.0 Å². The number of hydrogen-bond acceptors (Lipinski definition) is 9. The number of carbonyl (C=O) groups is 2. The normalized spacial score (nSPS) is 11.5. The van der Waals surface area contributed by atoms with E-state index >= 15 is 0 Å². The van der Waals surface area contributed by atoms with Gasteiger partial charge in [0.15, 0.2) is 0 Å². The molecular formula is C36H38N4O6S. The number of nitrogens with zero attached hydrogens (tertiary/aromatic N) is 2. The molecule has 244 valence electrons. The van der Waals surface area contributed by atoms with Crippen molar-refractivity contribution in [1.82, 2.24) is 0 Å². The Morgan fingerprint density at radius 2 is 0.957 bits per heavy atom. The Morgan fingerprint density at radius 3 is 1.32 bits per heavy atom. The van der Waals surface area contributed by atoms with Crippen LogP contribution in [0.25, 0.3) is 0 Å². The fraction of sp³-hybridized carbons (Fsp3) is 0.222. The van der Waals surface area contributed by atoms with Crippen molar-refractivity contribution < 1.29 is 28.7 Å². The first-order valence-corrected chi connectivity index (χ1v) is 16.1. The molecule has 4 rings (SSSR count). The molecule has 0 spiro atoms. The summed E-state index contributed by atoms with van der Waals surface area (Å²) in [6.07, 6.45) is -0.390. The van der Waals surface area contributed by atoms with Gasteiger partial charge < -0.3 is 9.47 Å². The summed E-state index contributed by atoms with van der Waals surface area (Å²) in [5.41, 5.74) is 4.08. The Balaban J connectivity index is 1.39. The lowest BCUT2D eigenvalue weighted by molar-refractivity contribution is 0.151. The van der Waals surface area contributed by atoms with Crippen LogP contribution >= 0.6 is 11.8 Å². The summed E-state index contributed by atoms with van der Waals surface area (Å²) in [6.45, 7) is 5.89. The van der Waals surface area contributed by atoms with Gasteiger partial charge in [-0.15, -0.1) is 0 Å². The third-order valence-electron chi connectivity index (χ3n) is 6.50. The van der Waals surface area contributed by atoms with Crippen LogP contribution in [0.5, 0.6) is 0 Å². The van der Waals surface area contributed by atoms with Crippen molar-refractivity contribution in [2.24, 2.45) is 10.3 Å². The maximum atomic E-state index is 12.3. The van der Waals surface area contributed by atoms with Crippen molar-refractivity contribution in [1.29, 1.82) is 0 Å². The van der Waals surface area contributed by atoms with Gasteiger partial charge in [0.2, 0.25) is 0 Å². The van der Waals surface area contributed by atoms with E-state index in [0.29, 0.717) is 62.1 Å². The quantitative estimate of drug-likeness (QED) is 0.0537. The number of hydrogen-bond donors (Lipinski definition) is 2. The largest absolute Gasteiger partial charge is 0.437 e. The molecule has 47 heavy (non-hydrogen) atoms. The SMILES string of the molecule is CCOCC/C(=N\OC(=O)Nc1ccccc1)c1ccc(Sc2ccc(/C(CCOCC)=N/OC(=O)Nc3ccccc3)cc2)cc1. The molecule has 0 saturated carbocycles. The maximum absolute atomic E-state index is 12.3. The number of ether oxygens (including phenoxy) is 2. The van der Waals surface area contributed by atoms with Gasteiger partial charge in [-0.25, -0.2) is 9.59 Å². The zero-order valence-corrected chi connectivity index (χ0v) is 27.2. The zero-order valence-electron chi connectivity index (χ0n) is 26.4. The first-order chi connectivity index (χ1) is 23.0. The molecule has 0 aliphatic carbocycles. The lowest BCUT2D eigenvalue weighted by Gasteiger charge is -2.10. The highest BCUT2D eigenvalue weighted by Gasteiger charge is 2.11. The van der Waals surface area contributed by atoms with Crippen LogP contribution in [-0.4, -0.2) is 50.0 Å². The molecule has 0 bridgehead atoms. The summed E-state index contributed by atoms with van der Waals surface area (Å²) in [7, 11) is 0. The molecule has 0 radical (unpaired) electrons. The minimum atomic E-state index is -0.672. The summed E-state index contributed by atoms with van der Waals surface area (Å²) < 4.78 is 11.0. The highest BCUT2D eigenvalue weighted by atomic mass is 32.2. The lowest BCUT2D eigenvalue weighted by atomic mass is 10.1. The van der Waals surface area contributed by atoms with Crippen LogP contribution in [0, 0.1) is 0 Å². The van der Waals surface area contributed by atoms with Gasteiger partial charge in [-0.1, -0.05) is 82.7 Å². The van der Waals surface area contributed by atoms with Gasteiger partial charge in [-0.05, 0) is 73.5 Å². The highest BCUT2D eigenvalue weighted by Crippen LogP contribution is 2.28. The maximum Gasteiger partial charge on any atom is 0.437 e. The molecule has 0 saturated heterocycles. The van der Waals surface area contributed by atoms with Crippen LogP contribution < -0.4 is 10.6 Å². The third-order valence-corrected chi connectivity index (χ3v) is 7.52. The lowest BCUT2D eigenvalue weighted by Crippen LogP contribution is -2.13. The fourth-order valence-electron chi connectivity index (χ4n) is 4.20. The van der Waals surface area contributed by atoms with Crippen LogP contribution in [-0.2, 0) is 19.1 Å². The van der Waals surface area contributed by atoms with Crippen LogP contribution in [0.3, 0.4) is 0 Å². The summed E-state index contributed by atoms with van der Waals surface area (Å²) in [4.78, 5) is 36.9. The Hall–Kier alpha value is -4.97. The van der Waals surface area contributed by atoms with E-state index in [4.69, 9.17) is 19.1 Å². The van der Waals surface area contributed by atoms with Gasteiger partial charge in [0, 0.05) is 47.2 Å². The average Bonchev–Trinajstić information content (AvgIpc) is 3.09. The second kappa shape index (κ2) is 19.5. The minimum Gasteiger partial charge on any atom is -0.381 e. The number of nitrogens with one attached hydrogen (secondary N) is 2. The first kappa shape index (κ1) is 34.9. The molecule has 0 fully saturated rings. The molecule has 0 unspecified atom stereocenters. The predicted molar refractivity (Wildman–Crippen MR) is 185 cm³/mol. The molecule has 0 aromatic heterocycles. The van der Waals surface area contributed by atoms with Crippen LogP contribution in [0.1, 0.15) is 37.8 Å². The number of para-hydroxylation sites is 2. The summed E-state index contributed by atoms with van der Waals surface area (Å²) in [6, 6.07) is 33.8. The van der Waals surface area contributed by atoms with Crippen molar-refractivity contribution in [3.05, 3.63) is 120 Å². The molecule has 0 aliphatic rings. The number of anilines is 2. The molecule has 4 aromatic rings. The van der Waals surface area contributed by atoms with Crippen molar-refractivity contribution in [3.8, 4) is 0 Å². The van der Waals surface area contributed by atoms with Crippen molar-refractivity contribution >= 4 is 46.7 Å². The molecule has 4 aromatic carbocycles. The van der Waals surface area contributed by atoms with Gasteiger partial charge in [0.1, 0.15) is 0 Å². The standard InChI is InChI=1S/C36H38N4O6S/c1-3-43-25-23-33(39-45-35(41)37-29-11-7-5-8-12-29)27-15-19-31(20-16-27)47-32-21-17-28(18-22-32)34(24-26-44-4-2)40-46-36(42)38-30-13-9-6-10-14-30/h5-22H,3-4,23-26H2,1-2H3,(H,37,41)(H,38,42)/b39-33+,40-34+. The monoisotopic (exact) mass is 654 g/mol. The van der Waals surface area contributed by atoms with Gasteiger partial charge in [0.05, 0.1) is 24.6 Å². The van der Waals surface area contributed by atoms with Crippen molar-refractivity contribution in [2.75, 3.05) is 37.1 Å². The smallest absolute Gasteiger partial charge is 0.381 e. The van der Waals surface area contributed by atoms with E-state index in [2.05, 4.69) is 20.9 Å². The molecule has 2 N–H and O–H groups in total. The Kier molecular flexibility index (Phi) is 14.5. The third kappa shape index (κ3) is 12.4. The average molecular weight is 655 g/mol. The summed E-state index contributed by atoms with van der Waals surface area (Å²) in [5, 5.41) is 13.6. The Morgan fingerprint density at radius 1 is 0.574 bits per heavy atom. The zero-order chi connectivity index (χ0) is 33.1. The first-order valence-electron chi connectivity index (χ1n) is 15.3. The molecule has 11 heteroatoms. The van der Waals surface area contributed by atoms with Gasteiger partial charge in [-0.3, -0.25) is 20.3 Å². The van der Waals surface area contributed by atoms with Crippen molar-refractivity contribution in [2.45, 2.75) is 36.5 Å². The van der Waals surface area contributed by atoms with Crippen LogP contribution in [0.15, 0.2) is 129 Å². The number of oxime groups is 2. The minimum absolute atomic E-state index is 0.445. The van der Waals surface area contributed by atoms with E-state index < -0.39 is 12.2 Å². The molecule has 0 heterocycles. The molecule has 10 nitrogen and oxygen atoms in total. The van der Waals surface area contributed by atoms with Crippen LogP contribution in [0.2, 0.25) is 0 Å². The molecule has 2 amide bonds. The Bertz CT molecular complexity index is 1480. The number of carbonyl (C=O) groups excluding carboxylic acids is 2. The van der Waals surface area contributed by atoms with E-state index in [1.807, 2.05) is 98.8 Å². The summed E-state index contributed by atoms with van der Waals surface area (Å²) >= 11 is 1.59. The van der Waals surface area contributed by atoms with E-state index in [9.17, 15) is 9.59 Å². The van der Waals surface area contributed by atoms with E-state index in [0.717, 1.165) is 20.9 Å². The molecule has 0 atom stereocenters. The van der Waals surface area contributed by atoms with Gasteiger partial charge in [0.25, 0.3) is 0 Å². The Labute approximate surface area is 279 Å². The number of amides is 2. The van der Waals surface area contributed by atoms with Gasteiger partial charge >= 0.3 is 12.2 Å². The summed E-state index contributed by atoms with van der Waals surface area (Å²) in [5.74, 6) is 0. The highest BCUT2D eigenvalue weighted by molar-refractivity contribution is 7.99.